The molecule has 5 heteroatoms. The third kappa shape index (κ3) is 1.91. The molecule has 2 bridgehead atoms. The first-order chi connectivity index (χ1) is 7.94. The molecule has 0 radical (unpaired) electrons. The average Bonchev–Trinajstić information content (AvgIpc) is 2.71. The Hall–Kier alpha value is -0.810. The lowest BCUT2D eigenvalue weighted by molar-refractivity contribution is 0.00733. The Morgan fingerprint density at radius 1 is 1.41 bits per heavy atom. The van der Waals surface area contributed by atoms with Crippen molar-refractivity contribution < 1.29 is 14.3 Å². The molecule has 0 spiro atoms. The molecule has 3 fully saturated rings. The van der Waals surface area contributed by atoms with Crippen LogP contribution >= 0.6 is 0 Å². The number of amides is 1. The number of hydrogen-bond acceptors (Lipinski definition) is 4. The highest BCUT2D eigenvalue weighted by Crippen LogP contribution is 2.39. The van der Waals surface area contributed by atoms with Gasteiger partial charge in [-0.3, -0.25) is 4.90 Å². The largest absolute Gasteiger partial charge is 0.444 e. The molecule has 3 heterocycles. The monoisotopic (exact) mass is 240 g/mol. The molecule has 0 saturated carbocycles. The van der Waals surface area contributed by atoms with Gasteiger partial charge in [0.2, 0.25) is 0 Å². The summed E-state index contributed by atoms with van der Waals surface area (Å²) < 4.78 is 11.2. The average molecular weight is 240 g/mol. The molecule has 0 aromatic carbocycles. The zero-order valence-electron chi connectivity index (χ0n) is 10.6. The predicted octanol–water partition coefficient (Wildman–Crippen LogP) is 0.735. The molecule has 4 atom stereocenters. The van der Waals surface area contributed by atoms with E-state index in [1.807, 2.05) is 20.8 Å². The highest BCUT2D eigenvalue weighted by molar-refractivity contribution is 5.68. The van der Waals surface area contributed by atoms with Crippen LogP contribution in [-0.4, -0.2) is 54.0 Å². The maximum atomic E-state index is 11.8. The van der Waals surface area contributed by atoms with Gasteiger partial charge in [0, 0.05) is 13.1 Å². The van der Waals surface area contributed by atoms with Gasteiger partial charge in [-0.1, -0.05) is 0 Å². The van der Waals surface area contributed by atoms with Gasteiger partial charge in [-0.15, -0.1) is 0 Å². The standard InChI is InChI=1S/C12H20N2O3/c1-12(2,3)17-11(15)13-9-8-6-14-5-4-7(16-8)10(9)14/h7-10H,4-6H2,1-3H3,(H,13,15). The van der Waals surface area contributed by atoms with E-state index in [4.69, 9.17) is 9.47 Å². The molecule has 0 aliphatic carbocycles. The molecular weight excluding hydrogens is 220 g/mol. The fraction of sp³-hybridized carbons (Fsp3) is 0.917. The molecule has 4 unspecified atom stereocenters. The fourth-order valence-corrected chi connectivity index (χ4v) is 3.21. The Kier molecular flexibility index (Phi) is 2.38. The van der Waals surface area contributed by atoms with Crippen molar-refractivity contribution in [2.24, 2.45) is 0 Å². The van der Waals surface area contributed by atoms with Gasteiger partial charge in [-0.05, 0) is 27.2 Å². The van der Waals surface area contributed by atoms with Crippen LogP contribution in [0.1, 0.15) is 27.2 Å². The molecule has 3 rings (SSSR count). The Morgan fingerprint density at radius 3 is 2.82 bits per heavy atom. The van der Waals surface area contributed by atoms with Crippen molar-refractivity contribution in [3.05, 3.63) is 0 Å². The highest BCUT2D eigenvalue weighted by Gasteiger charge is 2.57. The van der Waals surface area contributed by atoms with Crippen LogP contribution in [0.15, 0.2) is 0 Å². The van der Waals surface area contributed by atoms with Crippen LogP contribution < -0.4 is 5.32 Å². The third-order valence-electron chi connectivity index (χ3n) is 3.72. The van der Waals surface area contributed by atoms with Gasteiger partial charge in [-0.25, -0.2) is 4.79 Å². The summed E-state index contributed by atoms with van der Waals surface area (Å²) in [4.78, 5) is 14.2. The molecular formula is C12H20N2O3. The lowest BCUT2D eigenvalue weighted by Gasteiger charge is -2.23. The summed E-state index contributed by atoms with van der Waals surface area (Å²) >= 11 is 0. The van der Waals surface area contributed by atoms with E-state index in [2.05, 4.69) is 10.2 Å². The summed E-state index contributed by atoms with van der Waals surface area (Å²) in [6, 6.07) is 0.477. The summed E-state index contributed by atoms with van der Waals surface area (Å²) in [7, 11) is 0. The topological polar surface area (TPSA) is 50.8 Å². The molecule has 3 saturated heterocycles. The van der Waals surface area contributed by atoms with Crippen LogP contribution in [0.25, 0.3) is 0 Å². The summed E-state index contributed by atoms with van der Waals surface area (Å²) in [6.45, 7) is 7.67. The van der Waals surface area contributed by atoms with Gasteiger partial charge < -0.3 is 14.8 Å². The van der Waals surface area contributed by atoms with Gasteiger partial charge in [0.05, 0.1) is 24.3 Å². The van der Waals surface area contributed by atoms with Crippen molar-refractivity contribution >= 4 is 6.09 Å². The van der Waals surface area contributed by atoms with E-state index in [0.717, 1.165) is 19.5 Å². The van der Waals surface area contributed by atoms with Gasteiger partial charge >= 0.3 is 6.09 Å². The Balaban J connectivity index is 1.62. The minimum atomic E-state index is -0.443. The number of morpholine rings is 1. The zero-order chi connectivity index (χ0) is 12.2. The van der Waals surface area contributed by atoms with Crippen LogP contribution in [0.5, 0.6) is 0 Å². The maximum absolute atomic E-state index is 11.8. The number of nitrogens with one attached hydrogen (secondary N) is 1. The molecule has 1 N–H and O–H groups in total. The SMILES string of the molecule is CC(C)(C)OC(=O)NC1C2CN3CCC(O2)C13. The van der Waals surface area contributed by atoms with E-state index in [-0.39, 0.29) is 18.2 Å². The number of rotatable bonds is 1. The normalized spacial score (nSPS) is 39.7. The van der Waals surface area contributed by atoms with Crippen molar-refractivity contribution in [2.75, 3.05) is 13.1 Å². The second-order valence-corrected chi connectivity index (χ2v) is 6.16. The van der Waals surface area contributed by atoms with Crippen molar-refractivity contribution in [3.8, 4) is 0 Å². The smallest absolute Gasteiger partial charge is 0.408 e. The van der Waals surface area contributed by atoms with Crippen molar-refractivity contribution in [2.45, 2.75) is 57.1 Å². The first kappa shape index (κ1) is 11.3. The Labute approximate surface area is 101 Å². The summed E-state index contributed by atoms with van der Waals surface area (Å²) in [6.07, 6.45) is 1.23. The third-order valence-corrected chi connectivity index (χ3v) is 3.72. The number of nitrogens with zero attached hydrogens (tertiary/aromatic N) is 1. The number of carbonyl (C=O) groups is 1. The molecule has 5 nitrogen and oxygen atoms in total. The Bertz CT molecular complexity index is 325. The van der Waals surface area contributed by atoms with Crippen LogP contribution in [-0.2, 0) is 9.47 Å². The molecule has 0 aromatic heterocycles. The summed E-state index contributed by atoms with van der Waals surface area (Å²) in [5, 5.41) is 2.97. The maximum Gasteiger partial charge on any atom is 0.408 e. The van der Waals surface area contributed by atoms with Crippen LogP contribution in [0.4, 0.5) is 4.79 Å². The van der Waals surface area contributed by atoms with Crippen LogP contribution in [0.2, 0.25) is 0 Å². The minimum absolute atomic E-state index is 0.109. The molecule has 0 aromatic rings. The number of ether oxygens (including phenoxy) is 2. The minimum Gasteiger partial charge on any atom is -0.444 e. The molecule has 3 aliphatic heterocycles. The van der Waals surface area contributed by atoms with E-state index in [0.29, 0.717) is 12.1 Å². The van der Waals surface area contributed by atoms with Gasteiger partial charge in [-0.2, -0.15) is 0 Å². The first-order valence-electron chi connectivity index (χ1n) is 6.33. The Morgan fingerprint density at radius 2 is 2.18 bits per heavy atom. The van der Waals surface area contributed by atoms with E-state index in [1.165, 1.54) is 0 Å². The number of alkyl carbamates (subject to hydrolysis) is 1. The van der Waals surface area contributed by atoms with Crippen molar-refractivity contribution in [3.63, 3.8) is 0 Å². The number of fused-ring (bicyclic) bond motifs is 1. The first-order valence-corrected chi connectivity index (χ1v) is 6.33. The lowest BCUT2D eigenvalue weighted by atomic mass is 10.1. The van der Waals surface area contributed by atoms with E-state index in [9.17, 15) is 4.79 Å². The molecule has 1 amide bonds. The van der Waals surface area contributed by atoms with Gasteiger partial charge in [0.1, 0.15) is 5.60 Å². The second kappa shape index (κ2) is 3.59. The quantitative estimate of drug-likeness (QED) is 0.734. The van der Waals surface area contributed by atoms with Crippen molar-refractivity contribution in [1.29, 1.82) is 0 Å². The van der Waals surface area contributed by atoms with E-state index < -0.39 is 5.60 Å². The van der Waals surface area contributed by atoms with Crippen LogP contribution in [0.3, 0.4) is 0 Å². The summed E-state index contributed by atoms with van der Waals surface area (Å²) in [5.74, 6) is 0. The highest BCUT2D eigenvalue weighted by atomic mass is 16.6. The zero-order valence-corrected chi connectivity index (χ0v) is 10.6. The number of hydrogen-bond donors (Lipinski definition) is 1. The molecule has 17 heavy (non-hydrogen) atoms. The lowest BCUT2D eigenvalue weighted by Crippen LogP contribution is -2.46. The number of carbonyl (C=O) groups excluding carboxylic acids is 1. The van der Waals surface area contributed by atoms with Gasteiger partial charge in [0.15, 0.2) is 0 Å². The second-order valence-electron chi connectivity index (χ2n) is 6.16. The molecule has 3 aliphatic rings. The fourth-order valence-electron chi connectivity index (χ4n) is 3.21. The summed E-state index contributed by atoms with van der Waals surface area (Å²) in [5.41, 5.74) is -0.443. The molecule has 96 valence electrons. The van der Waals surface area contributed by atoms with E-state index >= 15 is 0 Å². The van der Waals surface area contributed by atoms with Crippen molar-refractivity contribution in [1.82, 2.24) is 10.2 Å². The predicted molar refractivity (Wildman–Crippen MR) is 61.8 cm³/mol. The van der Waals surface area contributed by atoms with Crippen LogP contribution in [0, 0.1) is 0 Å². The van der Waals surface area contributed by atoms with Gasteiger partial charge in [0.25, 0.3) is 0 Å². The van der Waals surface area contributed by atoms with E-state index in [1.54, 1.807) is 0 Å².